The van der Waals surface area contributed by atoms with Crippen LogP contribution in [0, 0.1) is 0 Å². The monoisotopic (exact) mass is 433 g/mol. The van der Waals surface area contributed by atoms with Crippen LogP contribution in [-0.4, -0.2) is 29.6 Å². The van der Waals surface area contributed by atoms with Crippen molar-refractivity contribution in [3.63, 3.8) is 0 Å². The third-order valence-electron chi connectivity index (χ3n) is 6.77. The van der Waals surface area contributed by atoms with Crippen molar-refractivity contribution >= 4 is 21.5 Å². The van der Waals surface area contributed by atoms with E-state index in [0.29, 0.717) is 0 Å². The molecule has 0 bridgehead atoms. The van der Waals surface area contributed by atoms with Gasteiger partial charge < -0.3 is 10.0 Å². The Morgan fingerprint density at radius 2 is 1.22 bits per heavy atom. The van der Waals surface area contributed by atoms with Crippen LogP contribution in [0.4, 0.5) is 0 Å². The molecular weight excluding hydrogens is 390 g/mol. The fourth-order valence-corrected chi connectivity index (χ4v) is 4.82. The number of rotatable bonds is 15. The first-order valence-electron chi connectivity index (χ1n) is 13.1. The molecule has 2 heteroatoms. The summed E-state index contributed by atoms with van der Waals surface area (Å²) in [5.41, 5.74) is 1.08. The zero-order chi connectivity index (χ0) is 22.6. The molecule has 2 nitrogen and oxygen atoms in total. The van der Waals surface area contributed by atoms with Crippen LogP contribution < -0.4 is 0 Å². The third kappa shape index (κ3) is 7.05. The normalized spacial score (nSPS) is 12.8. The minimum absolute atomic E-state index is 0.386. The van der Waals surface area contributed by atoms with Crippen molar-refractivity contribution in [1.29, 1.82) is 0 Å². The van der Waals surface area contributed by atoms with Gasteiger partial charge in [-0.15, -0.1) is 0 Å². The predicted molar refractivity (Wildman–Crippen MR) is 140 cm³/mol. The quantitative estimate of drug-likeness (QED) is 0.192. The molecule has 0 aliphatic rings. The van der Waals surface area contributed by atoms with E-state index in [1.807, 2.05) is 0 Å². The Morgan fingerprint density at radius 3 is 1.94 bits per heavy atom. The summed E-state index contributed by atoms with van der Waals surface area (Å²) >= 11 is 0. The molecule has 0 saturated heterocycles. The van der Waals surface area contributed by atoms with Crippen LogP contribution in [0.1, 0.15) is 89.7 Å². The van der Waals surface area contributed by atoms with Gasteiger partial charge in [-0.1, -0.05) is 101 Å². The van der Waals surface area contributed by atoms with Crippen LogP contribution >= 0.6 is 0 Å². The molecule has 174 valence electrons. The molecule has 0 heterocycles. The van der Waals surface area contributed by atoms with Gasteiger partial charge in [0.05, 0.1) is 6.10 Å². The predicted octanol–water partition coefficient (Wildman–Crippen LogP) is 8.27. The molecule has 0 amide bonds. The number of hydrogen-bond acceptors (Lipinski definition) is 2. The van der Waals surface area contributed by atoms with E-state index in [9.17, 15) is 5.11 Å². The number of aliphatic hydroxyl groups excluding tert-OH is 1. The van der Waals surface area contributed by atoms with Crippen molar-refractivity contribution in [3.05, 3.63) is 60.2 Å². The molecule has 3 aromatic rings. The van der Waals surface area contributed by atoms with Crippen LogP contribution in [0.3, 0.4) is 0 Å². The summed E-state index contributed by atoms with van der Waals surface area (Å²) in [7, 11) is 0. The number of aliphatic hydroxyl groups is 1. The van der Waals surface area contributed by atoms with Gasteiger partial charge in [0, 0.05) is 0 Å². The topological polar surface area (TPSA) is 23.5 Å². The van der Waals surface area contributed by atoms with Crippen LogP contribution in [0.2, 0.25) is 0 Å². The second-order valence-electron chi connectivity index (χ2n) is 9.35. The van der Waals surface area contributed by atoms with E-state index in [4.69, 9.17) is 0 Å². The molecule has 3 rings (SSSR count). The number of benzene rings is 3. The van der Waals surface area contributed by atoms with Crippen LogP contribution in [-0.2, 0) is 0 Å². The zero-order valence-corrected chi connectivity index (χ0v) is 20.4. The smallest absolute Gasteiger partial charge is 0.0796 e. The lowest BCUT2D eigenvalue weighted by molar-refractivity contribution is 0.165. The molecule has 0 aliphatic carbocycles. The number of nitrogens with zero attached hydrogens (tertiary/aromatic N) is 1. The second kappa shape index (κ2) is 13.6. The highest BCUT2D eigenvalue weighted by Gasteiger charge is 2.13. The lowest BCUT2D eigenvalue weighted by atomic mass is 9.92. The van der Waals surface area contributed by atoms with Crippen molar-refractivity contribution in [3.8, 4) is 0 Å². The Morgan fingerprint density at radius 1 is 0.656 bits per heavy atom. The molecular formula is C30H43NO. The molecule has 3 aromatic carbocycles. The molecule has 1 N–H and O–H groups in total. The average molecular weight is 434 g/mol. The second-order valence-corrected chi connectivity index (χ2v) is 9.35. The first kappa shape index (κ1) is 24.7. The third-order valence-corrected chi connectivity index (χ3v) is 6.77. The summed E-state index contributed by atoms with van der Waals surface area (Å²) in [6.45, 7) is 8.36. The minimum Gasteiger partial charge on any atom is -0.388 e. The van der Waals surface area contributed by atoms with E-state index in [-0.39, 0.29) is 6.10 Å². The van der Waals surface area contributed by atoms with Crippen LogP contribution in [0.5, 0.6) is 0 Å². The van der Waals surface area contributed by atoms with Gasteiger partial charge >= 0.3 is 0 Å². The highest BCUT2D eigenvalue weighted by atomic mass is 16.3. The molecule has 0 saturated carbocycles. The number of fused-ring (bicyclic) bond motifs is 3. The molecule has 0 radical (unpaired) electrons. The Balaban J connectivity index is 1.45. The highest BCUT2D eigenvalue weighted by Crippen LogP contribution is 2.33. The number of unbranched alkanes of at least 4 members (excludes halogenated alkanes) is 6. The summed E-state index contributed by atoms with van der Waals surface area (Å²) in [6.07, 6.45) is 11.9. The largest absolute Gasteiger partial charge is 0.388 e. The molecule has 0 spiro atoms. The van der Waals surface area contributed by atoms with Crippen molar-refractivity contribution in [2.24, 2.45) is 0 Å². The maximum Gasteiger partial charge on any atom is 0.0796 e. The van der Waals surface area contributed by atoms with Crippen molar-refractivity contribution in [2.45, 2.75) is 84.2 Å². The van der Waals surface area contributed by atoms with Gasteiger partial charge in [-0.25, -0.2) is 0 Å². The van der Waals surface area contributed by atoms with Crippen LogP contribution in [0.15, 0.2) is 54.6 Å². The summed E-state index contributed by atoms with van der Waals surface area (Å²) in [6, 6.07) is 19.2. The fourth-order valence-electron chi connectivity index (χ4n) is 4.82. The summed E-state index contributed by atoms with van der Waals surface area (Å²) < 4.78 is 0. The number of hydrogen-bond donors (Lipinski definition) is 1. The van der Waals surface area contributed by atoms with E-state index >= 15 is 0 Å². The molecule has 0 fully saturated rings. The summed E-state index contributed by atoms with van der Waals surface area (Å²) in [5, 5.41) is 15.9. The Labute approximate surface area is 195 Å². The Hall–Kier alpha value is -1.90. The van der Waals surface area contributed by atoms with E-state index in [1.54, 1.807) is 0 Å². The average Bonchev–Trinajstić information content (AvgIpc) is 2.83. The van der Waals surface area contributed by atoms with E-state index < -0.39 is 0 Å². The first-order valence-corrected chi connectivity index (χ1v) is 13.1. The van der Waals surface area contributed by atoms with Gasteiger partial charge in [-0.3, -0.25) is 0 Å². The molecule has 1 atom stereocenters. The van der Waals surface area contributed by atoms with Gasteiger partial charge in [0.15, 0.2) is 0 Å². The van der Waals surface area contributed by atoms with Gasteiger partial charge in [-0.05, 0) is 78.5 Å². The highest BCUT2D eigenvalue weighted by molar-refractivity contribution is 6.09. The van der Waals surface area contributed by atoms with Gasteiger partial charge in [0.25, 0.3) is 0 Å². The van der Waals surface area contributed by atoms with Crippen molar-refractivity contribution in [2.75, 3.05) is 19.6 Å². The van der Waals surface area contributed by atoms with Crippen LogP contribution in [0.25, 0.3) is 21.5 Å². The van der Waals surface area contributed by atoms with Crippen molar-refractivity contribution < 1.29 is 5.11 Å². The molecule has 1 unspecified atom stereocenters. The lowest BCUT2D eigenvalue weighted by Crippen LogP contribution is -2.27. The van der Waals surface area contributed by atoms with Gasteiger partial charge in [-0.2, -0.15) is 0 Å². The summed E-state index contributed by atoms with van der Waals surface area (Å²) in [5.74, 6) is 0. The molecule has 0 aliphatic heterocycles. The molecule has 0 aromatic heterocycles. The SMILES string of the molecule is CCCCN(CCCC)CCCCCCCC(O)c1cc2ccccc2c2ccccc12. The maximum absolute atomic E-state index is 11.0. The molecule has 32 heavy (non-hydrogen) atoms. The van der Waals surface area contributed by atoms with E-state index in [1.165, 1.54) is 92.5 Å². The standard InChI is InChI=1S/C30H43NO/c1-3-5-21-31(22-6-4-2)23-15-9-7-8-10-20-30(32)29-24-25-16-11-12-17-26(25)27-18-13-14-19-28(27)29/h11-14,16-19,24,30,32H,3-10,15,20-23H2,1-2H3. The maximum atomic E-state index is 11.0. The Kier molecular flexibility index (Phi) is 10.5. The minimum atomic E-state index is -0.386. The first-order chi connectivity index (χ1) is 15.7. The van der Waals surface area contributed by atoms with Gasteiger partial charge in [0.2, 0.25) is 0 Å². The van der Waals surface area contributed by atoms with Gasteiger partial charge in [0.1, 0.15) is 0 Å². The Bertz CT molecular complexity index is 926. The summed E-state index contributed by atoms with van der Waals surface area (Å²) in [4.78, 5) is 2.67. The lowest BCUT2D eigenvalue weighted by Gasteiger charge is -2.21. The fraction of sp³-hybridized carbons (Fsp3) is 0.533. The van der Waals surface area contributed by atoms with E-state index in [0.717, 1.165) is 18.4 Å². The zero-order valence-electron chi connectivity index (χ0n) is 20.4. The van der Waals surface area contributed by atoms with Crippen molar-refractivity contribution in [1.82, 2.24) is 4.90 Å². The van der Waals surface area contributed by atoms with E-state index in [2.05, 4.69) is 73.3 Å².